The van der Waals surface area contributed by atoms with Gasteiger partial charge in [0.05, 0.1) is 0 Å². The largest absolute Gasteiger partial charge is 0.329 e. The maximum absolute atomic E-state index is 11.5. The second kappa shape index (κ2) is 5.00. The number of nitrogens with zero attached hydrogens (tertiary/aromatic N) is 2. The van der Waals surface area contributed by atoms with Crippen molar-refractivity contribution in [3.8, 4) is 10.8 Å². The second-order valence-corrected chi connectivity index (χ2v) is 4.53. The van der Waals surface area contributed by atoms with Crippen LogP contribution >= 0.6 is 15.9 Å². The van der Waals surface area contributed by atoms with Gasteiger partial charge < -0.3 is 4.90 Å². The minimum absolute atomic E-state index is 0.0554. The molecule has 3 nitrogen and oxygen atoms in total. The molecule has 82 valence electrons. The number of amides is 1. The highest BCUT2D eigenvalue weighted by Crippen LogP contribution is 2.25. The fourth-order valence-corrected chi connectivity index (χ4v) is 2.33. The smallest absolute Gasteiger partial charge is 0.299 e. The van der Waals surface area contributed by atoms with Crippen molar-refractivity contribution in [3.05, 3.63) is 0 Å². The van der Waals surface area contributed by atoms with E-state index in [9.17, 15) is 4.79 Å². The zero-order valence-corrected chi connectivity index (χ0v) is 10.3. The number of carbonyl (C=O) groups excluding carboxylic acids is 1. The number of hydrogen-bond acceptors (Lipinski definition) is 2. The molecule has 1 aliphatic carbocycles. The Bertz CT molecular complexity index is 295. The fourth-order valence-electron chi connectivity index (χ4n) is 2.16. The lowest BCUT2D eigenvalue weighted by Crippen LogP contribution is -2.53. The van der Waals surface area contributed by atoms with Gasteiger partial charge in [-0.15, -0.1) is 0 Å². The molecule has 0 radical (unpaired) electrons. The topological polar surface area (TPSA) is 23.6 Å². The minimum Gasteiger partial charge on any atom is -0.329 e. The summed E-state index contributed by atoms with van der Waals surface area (Å²) in [5.74, 6) is 2.47. The lowest BCUT2D eigenvalue weighted by molar-refractivity contribution is -0.127. The normalized spacial score (nSPS) is 22.9. The van der Waals surface area contributed by atoms with Crippen molar-refractivity contribution in [1.29, 1.82) is 0 Å². The highest BCUT2D eigenvalue weighted by Gasteiger charge is 2.28. The zero-order chi connectivity index (χ0) is 10.7. The van der Waals surface area contributed by atoms with E-state index in [0.29, 0.717) is 0 Å². The van der Waals surface area contributed by atoms with Crippen LogP contribution in [-0.4, -0.2) is 47.9 Å². The highest BCUT2D eigenvalue weighted by molar-refractivity contribution is 9.12. The van der Waals surface area contributed by atoms with Crippen molar-refractivity contribution >= 4 is 21.8 Å². The van der Waals surface area contributed by atoms with Crippen molar-refractivity contribution in [2.75, 3.05) is 26.2 Å². The van der Waals surface area contributed by atoms with Crippen LogP contribution in [0.25, 0.3) is 0 Å². The van der Waals surface area contributed by atoms with Gasteiger partial charge in [-0.2, -0.15) is 0 Å². The van der Waals surface area contributed by atoms with E-state index in [2.05, 4.69) is 31.6 Å². The van der Waals surface area contributed by atoms with Gasteiger partial charge in [0.25, 0.3) is 5.91 Å². The molecule has 0 aromatic carbocycles. The van der Waals surface area contributed by atoms with Crippen LogP contribution in [0.3, 0.4) is 0 Å². The molecule has 0 spiro atoms. The third-order valence-corrected chi connectivity index (χ3v) is 3.54. The monoisotopic (exact) mass is 270 g/mol. The first-order chi connectivity index (χ1) is 7.31. The van der Waals surface area contributed by atoms with Crippen LogP contribution in [-0.2, 0) is 4.79 Å². The Labute approximate surface area is 98.9 Å². The number of halogens is 1. The van der Waals surface area contributed by atoms with Crippen LogP contribution in [0.4, 0.5) is 0 Å². The van der Waals surface area contributed by atoms with Gasteiger partial charge >= 0.3 is 0 Å². The van der Waals surface area contributed by atoms with E-state index in [1.165, 1.54) is 19.3 Å². The van der Waals surface area contributed by atoms with E-state index < -0.39 is 0 Å². The first-order valence-electron chi connectivity index (χ1n) is 5.46. The van der Waals surface area contributed by atoms with Crippen LogP contribution in [0.1, 0.15) is 19.3 Å². The first kappa shape index (κ1) is 11.0. The molecule has 1 aliphatic heterocycles. The van der Waals surface area contributed by atoms with Crippen LogP contribution < -0.4 is 0 Å². The summed E-state index contributed by atoms with van der Waals surface area (Å²) in [5, 5.41) is 0. The first-order valence-corrected chi connectivity index (χ1v) is 6.25. The van der Waals surface area contributed by atoms with Crippen molar-refractivity contribution < 1.29 is 4.79 Å². The van der Waals surface area contributed by atoms with E-state index >= 15 is 0 Å². The number of hydrogen-bond donors (Lipinski definition) is 0. The lowest BCUT2D eigenvalue weighted by atomic mass is 9.91. The van der Waals surface area contributed by atoms with E-state index in [1.54, 1.807) is 0 Å². The molecule has 2 fully saturated rings. The number of piperazine rings is 1. The third-order valence-electron chi connectivity index (χ3n) is 3.35. The summed E-state index contributed by atoms with van der Waals surface area (Å²) in [5.41, 5.74) is 0. The van der Waals surface area contributed by atoms with Gasteiger partial charge in [0.15, 0.2) is 0 Å². The van der Waals surface area contributed by atoms with Gasteiger partial charge in [0.2, 0.25) is 0 Å². The Kier molecular flexibility index (Phi) is 3.66. The van der Waals surface area contributed by atoms with Gasteiger partial charge in [0, 0.05) is 54.1 Å². The highest BCUT2D eigenvalue weighted by atomic mass is 79.9. The van der Waals surface area contributed by atoms with E-state index in [4.69, 9.17) is 0 Å². The Balaban J connectivity index is 1.80. The van der Waals surface area contributed by atoms with Gasteiger partial charge in [0.1, 0.15) is 0 Å². The number of rotatable bonds is 1. The summed E-state index contributed by atoms with van der Waals surface area (Å²) < 4.78 is 0. The van der Waals surface area contributed by atoms with Crippen molar-refractivity contribution in [2.24, 2.45) is 0 Å². The van der Waals surface area contributed by atoms with Crippen LogP contribution in [0.15, 0.2) is 0 Å². The van der Waals surface area contributed by atoms with Crippen LogP contribution in [0, 0.1) is 10.8 Å². The molecule has 2 rings (SSSR count). The predicted molar refractivity (Wildman–Crippen MR) is 62.5 cm³/mol. The second-order valence-electron chi connectivity index (χ2n) is 4.13. The van der Waals surface area contributed by atoms with Crippen LogP contribution in [0.2, 0.25) is 0 Å². The van der Waals surface area contributed by atoms with Gasteiger partial charge in [-0.25, -0.2) is 0 Å². The molecule has 0 atom stereocenters. The number of carbonyl (C=O) groups is 1. The average molecular weight is 271 g/mol. The molecule has 1 saturated carbocycles. The molecule has 2 aliphatic rings. The molecule has 0 N–H and O–H groups in total. The molecule has 1 heterocycles. The molecular formula is C11H15BrN2O. The summed E-state index contributed by atoms with van der Waals surface area (Å²) in [7, 11) is 0. The SMILES string of the molecule is O=C(C#CBr)N1CCN(C2CCC2)CC1. The average Bonchev–Trinajstić information content (AvgIpc) is 2.16. The summed E-state index contributed by atoms with van der Waals surface area (Å²) in [6.07, 6.45) is 4.06. The zero-order valence-electron chi connectivity index (χ0n) is 8.71. The molecule has 0 aromatic heterocycles. The molecule has 15 heavy (non-hydrogen) atoms. The predicted octanol–water partition coefficient (Wildman–Crippen LogP) is 1.04. The Morgan fingerprint density at radius 2 is 1.87 bits per heavy atom. The van der Waals surface area contributed by atoms with Gasteiger partial charge in [-0.1, -0.05) is 6.42 Å². The summed E-state index contributed by atoms with van der Waals surface area (Å²) in [6.45, 7) is 3.69. The van der Waals surface area contributed by atoms with Crippen LogP contribution in [0.5, 0.6) is 0 Å². The Morgan fingerprint density at radius 3 is 2.33 bits per heavy atom. The molecule has 0 aromatic rings. The fraction of sp³-hybridized carbons (Fsp3) is 0.727. The molecule has 1 amide bonds. The Morgan fingerprint density at radius 1 is 1.20 bits per heavy atom. The van der Waals surface area contributed by atoms with E-state index in [-0.39, 0.29) is 5.91 Å². The van der Waals surface area contributed by atoms with E-state index in [1.807, 2.05) is 4.90 Å². The standard InChI is InChI=1S/C11H15BrN2O/c12-5-4-11(15)14-8-6-13(7-9-14)10-2-1-3-10/h10H,1-3,6-9H2. The van der Waals surface area contributed by atoms with Crippen molar-refractivity contribution in [3.63, 3.8) is 0 Å². The molecule has 0 unspecified atom stereocenters. The summed E-state index contributed by atoms with van der Waals surface area (Å²) in [4.78, 5) is 18.3. The molecular weight excluding hydrogens is 256 g/mol. The quantitative estimate of drug-likeness (QED) is 0.665. The third kappa shape index (κ3) is 2.53. The van der Waals surface area contributed by atoms with Gasteiger partial charge in [-0.3, -0.25) is 9.69 Å². The lowest BCUT2D eigenvalue weighted by Gasteiger charge is -2.42. The van der Waals surface area contributed by atoms with E-state index in [0.717, 1.165) is 32.2 Å². The molecule has 0 bridgehead atoms. The Hall–Kier alpha value is -0.530. The molecule has 1 saturated heterocycles. The molecule has 4 heteroatoms. The van der Waals surface area contributed by atoms with Crippen molar-refractivity contribution in [1.82, 2.24) is 9.80 Å². The summed E-state index contributed by atoms with van der Waals surface area (Å²) >= 11 is 2.95. The van der Waals surface area contributed by atoms with Gasteiger partial charge in [-0.05, 0) is 17.7 Å². The maximum atomic E-state index is 11.5. The summed E-state index contributed by atoms with van der Waals surface area (Å²) in [6, 6.07) is 0.796. The van der Waals surface area contributed by atoms with Crippen molar-refractivity contribution in [2.45, 2.75) is 25.3 Å². The maximum Gasteiger partial charge on any atom is 0.299 e. The minimum atomic E-state index is -0.0554.